The number of hydrogen-bond acceptors (Lipinski definition) is 2. The van der Waals surface area contributed by atoms with Gasteiger partial charge in [0.1, 0.15) is 6.10 Å². The molecule has 2 rings (SSSR count). The van der Waals surface area contributed by atoms with Gasteiger partial charge in [-0.1, -0.05) is 13.8 Å². The second-order valence-corrected chi connectivity index (χ2v) is 5.68. The number of hydrogen-bond donors (Lipinski definition) is 0. The van der Waals surface area contributed by atoms with Crippen LogP contribution in [0, 0.1) is 23.2 Å². The Morgan fingerprint density at radius 1 is 1.47 bits per heavy atom. The topological polar surface area (TPSA) is 26.3 Å². The summed E-state index contributed by atoms with van der Waals surface area (Å²) in [5.74, 6) is 2.20. The molecule has 2 nitrogen and oxygen atoms in total. The summed E-state index contributed by atoms with van der Waals surface area (Å²) < 4.78 is 5.42. The average Bonchev–Trinajstić information content (AvgIpc) is 2.69. The van der Waals surface area contributed by atoms with Crippen LogP contribution in [-0.2, 0) is 9.53 Å². The quantitative estimate of drug-likeness (QED) is 0.655. The van der Waals surface area contributed by atoms with E-state index in [9.17, 15) is 4.79 Å². The van der Waals surface area contributed by atoms with Crippen molar-refractivity contribution in [2.75, 3.05) is 0 Å². The zero-order valence-electron chi connectivity index (χ0n) is 10.2. The Kier molecular flexibility index (Phi) is 2.56. The first kappa shape index (κ1) is 11.0. The van der Waals surface area contributed by atoms with E-state index < -0.39 is 0 Å². The highest BCUT2D eigenvalue weighted by molar-refractivity contribution is 5.66. The predicted octanol–water partition coefficient (Wildman–Crippen LogP) is 3.01. The lowest BCUT2D eigenvalue weighted by Gasteiger charge is -2.43. The Bertz CT molecular complexity index is 270. The summed E-state index contributed by atoms with van der Waals surface area (Å²) in [5.41, 5.74) is 0.217. The van der Waals surface area contributed by atoms with Crippen LogP contribution in [0.1, 0.15) is 47.0 Å². The van der Waals surface area contributed by atoms with E-state index in [-0.39, 0.29) is 17.5 Å². The molecular weight excluding hydrogens is 188 g/mol. The third-order valence-corrected chi connectivity index (χ3v) is 5.26. The Morgan fingerprint density at radius 2 is 2.13 bits per heavy atom. The van der Waals surface area contributed by atoms with Crippen molar-refractivity contribution in [3.8, 4) is 0 Å². The molecule has 0 aromatic rings. The highest BCUT2D eigenvalue weighted by Crippen LogP contribution is 2.61. The summed E-state index contributed by atoms with van der Waals surface area (Å²) in [5, 5.41) is 0. The fourth-order valence-electron chi connectivity index (χ4n) is 3.99. The van der Waals surface area contributed by atoms with Crippen LogP contribution in [-0.4, -0.2) is 12.1 Å². The van der Waals surface area contributed by atoms with Crippen LogP contribution < -0.4 is 0 Å². The molecule has 0 heterocycles. The van der Waals surface area contributed by atoms with Crippen LogP contribution in [0.25, 0.3) is 0 Å². The Labute approximate surface area is 92.4 Å². The van der Waals surface area contributed by atoms with E-state index in [1.807, 2.05) is 0 Å². The van der Waals surface area contributed by atoms with Crippen molar-refractivity contribution < 1.29 is 9.53 Å². The van der Waals surface area contributed by atoms with Crippen molar-refractivity contribution in [1.29, 1.82) is 0 Å². The zero-order valence-corrected chi connectivity index (χ0v) is 10.2. The summed E-state index contributed by atoms with van der Waals surface area (Å²) in [6.07, 6.45) is 4.13. The second kappa shape index (κ2) is 3.50. The number of carbonyl (C=O) groups is 1. The fourth-order valence-corrected chi connectivity index (χ4v) is 3.99. The molecule has 0 aromatic heterocycles. The summed E-state index contributed by atoms with van der Waals surface area (Å²) in [4.78, 5) is 11.0. The van der Waals surface area contributed by atoms with Crippen molar-refractivity contribution in [2.45, 2.75) is 53.1 Å². The van der Waals surface area contributed by atoms with Crippen molar-refractivity contribution in [2.24, 2.45) is 23.2 Å². The van der Waals surface area contributed by atoms with Crippen molar-refractivity contribution in [1.82, 2.24) is 0 Å². The lowest BCUT2D eigenvalue weighted by molar-refractivity contribution is -0.156. The normalized spacial score (nSPS) is 45.5. The van der Waals surface area contributed by atoms with Gasteiger partial charge in [0.25, 0.3) is 0 Å². The lowest BCUT2D eigenvalue weighted by Crippen LogP contribution is -2.43. The van der Waals surface area contributed by atoms with Gasteiger partial charge in [0, 0.05) is 12.3 Å². The van der Waals surface area contributed by atoms with E-state index in [2.05, 4.69) is 20.8 Å². The third kappa shape index (κ3) is 1.49. The molecule has 0 spiro atoms. The van der Waals surface area contributed by atoms with E-state index >= 15 is 0 Å². The Morgan fingerprint density at radius 3 is 2.60 bits per heavy atom. The molecule has 0 aromatic carbocycles. The van der Waals surface area contributed by atoms with E-state index in [1.54, 1.807) is 0 Å². The van der Waals surface area contributed by atoms with Crippen LogP contribution in [0.4, 0.5) is 0 Å². The average molecular weight is 210 g/mol. The minimum Gasteiger partial charge on any atom is -0.462 e. The van der Waals surface area contributed by atoms with Crippen molar-refractivity contribution >= 4 is 5.97 Å². The SMILES string of the molecule is CC(=O)OC(C)C1(C)C2CCC(C2)C1C. The summed E-state index contributed by atoms with van der Waals surface area (Å²) in [6, 6.07) is 0. The molecule has 0 amide bonds. The molecule has 0 aliphatic heterocycles. The van der Waals surface area contributed by atoms with Crippen molar-refractivity contribution in [3.63, 3.8) is 0 Å². The van der Waals surface area contributed by atoms with Gasteiger partial charge in [0.05, 0.1) is 0 Å². The van der Waals surface area contributed by atoms with E-state index in [4.69, 9.17) is 4.74 Å². The van der Waals surface area contributed by atoms with Crippen LogP contribution in [0.3, 0.4) is 0 Å². The zero-order chi connectivity index (χ0) is 11.2. The molecule has 15 heavy (non-hydrogen) atoms. The first-order valence-corrected chi connectivity index (χ1v) is 6.13. The fraction of sp³-hybridized carbons (Fsp3) is 0.923. The van der Waals surface area contributed by atoms with Crippen molar-refractivity contribution in [3.05, 3.63) is 0 Å². The second-order valence-electron chi connectivity index (χ2n) is 5.68. The van der Waals surface area contributed by atoms with Crippen LogP contribution >= 0.6 is 0 Å². The van der Waals surface area contributed by atoms with Gasteiger partial charge in [0.2, 0.25) is 0 Å². The summed E-state index contributed by atoms with van der Waals surface area (Å²) in [7, 11) is 0. The summed E-state index contributed by atoms with van der Waals surface area (Å²) in [6.45, 7) is 8.23. The predicted molar refractivity (Wildman–Crippen MR) is 59.3 cm³/mol. The number of carbonyl (C=O) groups excluding carboxylic acids is 1. The molecule has 0 radical (unpaired) electrons. The Hall–Kier alpha value is -0.530. The van der Waals surface area contributed by atoms with Gasteiger partial charge in [0.15, 0.2) is 0 Å². The molecule has 0 N–H and O–H groups in total. The molecule has 2 aliphatic rings. The first-order valence-electron chi connectivity index (χ1n) is 6.13. The Balaban J connectivity index is 2.15. The van der Waals surface area contributed by atoms with Gasteiger partial charge in [-0.25, -0.2) is 0 Å². The first-order chi connectivity index (χ1) is 6.96. The molecule has 2 fully saturated rings. The molecule has 2 bridgehead atoms. The molecule has 2 aliphatic carbocycles. The number of rotatable bonds is 2. The van der Waals surface area contributed by atoms with Gasteiger partial charge in [-0.2, -0.15) is 0 Å². The van der Waals surface area contributed by atoms with E-state index in [0.29, 0.717) is 5.92 Å². The summed E-state index contributed by atoms with van der Waals surface area (Å²) >= 11 is 0. The van der Waals surface area contributed by atoms with Crippen LogP contribution in [0.2, 0.25) is 0 Å². The molecule has 86 valence electrons. The molecule has 2 heteroatoms. The maximum absolute atomic E-state index is 11.0. The number of esters is 1. The smallest absolute Gasteiger partial charge is 0.302 e. The van der Waals surface area contributed by atoms with Gasteiger partial charge in [-0.05, 0) is 43.9 Å². The number of ether oxygens (including phenoxy) is 1. The maximum atomic E-state index is 11.0. The van der Waals surface area contributed by atoms with Crippen LogP contribution in [0.5, 0.6) is 0 Å². The van der Waals surface area contributed by atoms with Gasteiger partial charge in [-0.3, -0.25) is 4.79 Å². The van der Waals surface area contributed by atoms with Crippen LogP contribution in [0.15, 0.2) is 0 Å². The molecule has 2 saturated carbocycles. The minimum absolute atomic E-state index is 0.0697. The number of fused-ring (bicyclic) bond motifs is 2. The van der Waals surface area contributed by atoms with Gasteiger partial charge >= 0.3 is 5.97 Å². The maximum Gasteiger partial charge on any atom is 0.302 e. The molecule has 0 saturated heterocycles. The van der Waals surface area contributed by atoms with Gasteiger partial charge in [-0.15, -0.1) is 0 Å². The third-order valence-electron chi connectivity index (χ3n) is 5.26. The lowest BCUT2D eigenvalue weighted by atomic mass is 9.65. The molecular formula is C13H22O2. The van der Waals surface area contributed by atoms with Gasteiger partial charge < -0.3 is 4.74 Å². The molecule has 5 atom stereocenters. The highest BCUT2D eigenvalue weighted by atomic mass is 16.5. The minimum atomic E-state index is -0.140. The van der Waals surface area contributed by atoms with E-state index in [1.165, 1.54) is 26.2 Å². The molecule has 5 unspecified atom stereocenters. The van der Waals surface area contributed by atoms with E-state index in [0.717, 1.165) is 11.8 Å². The standard InChI is InChI=1S/C13H22O2/c1-8-11-5-6-12(7-11)13(8,4)9(2)15-10(3)14/h8-9,11-12H,5-7H2,1-4H3. The highest BCUT2D eigenvalue weighted by Gasteiger charge is 2.56. The monoisotopic (exact) mass is 210 g/mol. The largest absolute Gasteiger partial charge is 0.462 e.